The SMILES string of the molecule is CNC(CCNCCCN)C(=O)NCCN(C)CC(COS)OS. The van der Waals surface area contributed by atoms with E-state index in [1.165, 1.54) is 0 Å². The number of likely N-dealkylation sites (N-methyl/N-ethyl adjacent to an activating group) is 2. The number of thiol groups is 2. The molecule has 2 atom stereocenters. The van der Waals surface area contributed by atoms with Crippen molar-refractivity contribution >= 4 is 31.7 Å². The van der Waals surface area contributed by atoms with Gasteiger partial charge in [0.2, 0.25) is 5.91 Å². The predicted molar refractivity (Wildman–Crippen MR) is 103 cm³/mol. The van der Waals surface area contributed by atoms with Crippen LogP contribution in [0.15, 0.2) is 0 Å². The third-order valence-corrected chi connectivity index (χ3v) is 4.00. The molecule has 0 aliphatic heterocycles. The number of rotatable bonds is 16. The van der Waals surface area contributed by atoms with Gasteiger partial charge in [-0.1, -0.05) is 0 Å². The van der Waals surface area contributed by atoms with Crippen molar-refractivity contribution in [2.24, 2.45) is 5.73 Å². The van der Waals surface area contributed by atoms with Gasteiger partial charge >= 0.3 is 0 Å². The number of nitrogens with two attached hydrogens (primary N) is 1. The van der Waals surface area contributed by atoms with Crippen LogP contribution < -0.4 is 21.7 Å². The fourth-order valence-electron chi connectivity index (χ4n) is 2.14. The highest BCUT2D eigenvalue weighted by Crippen LogP contribution is 2.00. The summed E-state index contributed by atoms with van der Waals surface area (Å²) in [4.78, 5) is 14.2. The zero-order valence-corrected chi connectivity index (χ0v) is 16.5. The van der Waals surface area contributed by atoms with Crippen molar-refractivity contribution in [3.05, 3.63) is 0 Å². The molecule has 144 valence electrons. The second kappa shape index (κ2) is 16.4. The molecule has 0 aromatic heterocycles. The van der Waals surface area contributed by atoms with E-state index in [0.29, 0.717) is 32.8 Å². The maximum Gasteiger partial charge on any atom is 0.237 e. The Labute approximate surface area is 156 Å². The van der Waals surface area contributed by atoms with Gasteiger partial charge in [-0.15, -0.1) is 0 Å². The Hall–Kier alpha value is -0.0700. The lowest BCUT2D eigenvalue weighted by Crippen LogP contribution is -2.46. The first-order chi connectivity index (χ1) is 11.6. The number of carbonyl (C=O) groups excluding carboxylic acids is 1. The maximum atomic E-state index is 12.1. The molecule has 8 nitrogen and oxygen atoms in total. The van der Waals surface area contributed by atoms with E-state index < -0.39 is 0 Å². The van der Waals surface area contributed by atoms with Crippen LogP contribution in [0.3, 0.4) is 0 Å². The van der Waals surface area contributed by atoms with Crippen LogP contribution in [0.1, 0.15) is 12.8 Å². The van der Waals surface area contributed by atoms with Crippen molar-refractivity contribution in [3.8, 4) is 0 Å². The van der Waals surface area contributed by atoms with Gasteiger partial charge in [0.15, 0.2) is 0 Å². The average molecular weight is 384 g/mol. The van der Waals surface area contributed by atoms with Gasteiger partial charge in [0.25, 0.3) is 0 Å². The van der Waals surface area contributed by atoms with E-state index in [2.05, 4.69) is 41.8 Å². The van der Waals surface area contributed by atoms with Crippen molar-refractivity contribution in [2.45, 2.75) is 25.0 Å². The highest BCUT2D eigenvalue weighted by molar-refractivity contribution is 7.75. The van der Waals surface area contributed by atoms with Gasteiger partial charge in [-0.3, -0.25) is 4.79 Å². The summed E-state index contributed by atoms with van der Waals surface area (Å²) in [5.74, 6) is 0.00668. The molecule has 0 fully saturated rings. The van der Waals surface area contributed by atoms with E-state index in [-0.39, 0.29) is 18.1 Å². The number of hydrogen-bond donors (Lipinski definition) is 6. The first-order valence-corrected chi connectivity index (χ1v) is 8.92. The molecular weight excluding hydrogens is 350 g/mol. The van der Waals surface area contributed by atoms with Gasteiger partial charge in [-0.2, -0.15) is 0 Å². The molecule has 2 unspecified atom stereocenters. The smallest absolute Gasteiger partial charge is 0.237 e. The van der Waals surface area contributed by atoms with Gasteiger partial charge in [-0.05, 0) is 72.4 Å². The monoisotopic (exact) mass is 383 g/mol. The number of nitrogens with zero attached hydrogens (tertiary/aromatic N) is 1. The standard InChI is InChI=1S/C14H33N5O3S2/c1-16-13(4-7-17-6-3-5-15)14(20)18-8-9-19(2)10-12(22-24)11-21-23/h12-13,16-17,23-24H,3-11,15H2,1-2H3,(H,18,20). The minimum absolute atomic E-state index is 0.00668. The number of amides is 1. The van der Waals surface area contributed by atoms with Gasteiger partial charge < -0.3 is 35.0 Å². The Balaban J connectivity index is 3.90. The molecule has 10 heteroatoms. The predicted octanol–water partition coefficient (Wildman–Crippen LogP) is -0.958. The quantitative estimate of drug-likeness (QED) is 0.116. The molecule has 0 rings (SSSR count). The van der Waals surface area contributed by atoms with Crippen LogP contribution >= 0.6 is 25.8 Å². The Kier molecular flexibility index (Phi) is 16.4. The van der Waals surface area contributed by atoms with E-state index >= 15 is 0 Å². The maximum absolute atomic E-state index is 12.1. The summed E-state index contributed by atoms with van der Waals surface area (Å²) in [6.07, 6.45) is 1.51. The van der Waals surface area contributed by atoms with Gasteiger partial charge in [0, 0.05) is 19.6 Å². The Morgan fingerprint density at radius 1 is 1.29 bits per heavy atom. The van der Waals surface area contributed by atoms with Crippen molar-refractivity contribution in [2.75, 3.05) is 60.0 Å². The van der Waals surface area contributed by atoms with Gasteiger partial charge in [0.05, 0.1) is 12.6 Å². The van der Waals surface area contributed by atoms with Crippen LogP contribution in [0.5, 0.6) is 0 Å². The molecule has 1 amide bonds. The van der Waals surface area contributed by atoms with E-state index in [0.717, 1.165) is 25.9 Å². The summed E-state index contributed by atoms with van der Waals surface area (Å²) in [5.41, 5.74) is 5.44. The summed E-state index contributed by atoms with van der Waals surface area (Å²) >= 11 is 7.52. The van der Waals surface area contributed by atoms with Crippen LogP contribution in [-0.4, -0.2) is 82.9 Å². The minimum Gasteiger partial charge on any atom is -0.353 e. The zero-order chi connectivity index (χ0) is 18.2. The average Bonchev–Trinajstić information content (AvgIpc) is 2.57. The highest BCUT2D eigenvalue weighted by Gasteiger charge is 2.16. The Morgan fingerprint density at radius 3 is 2.62 bits per heavy atom. The van der Waals surface area contributed by atoms with E-state index in [1.807, 2.05) is 11.9 Å². The fourth-order valence-corrected chi connectivity index (χ4v) is 2.43. The van der Waals surface area contributed by atoms with Crippen LogP contribution in [0.4, 0.5) is 0 Å². The van der Waals surface area contributed by atoms with Crippen LogP contribution in [0.2, 0.25) is 0 Å². The number of nitrogens with one attached hydrogen (secondary N) is 3. The second-order valence-electron chi connectivity index (χ2n) is 5.60. The van der Waals surface area contributed by atoms with Gasteiger partial charge in [0.1, 0.15) is 6.10 Å². The summed E-state index contributed by atoms with van der Waals surface area (Å²) in [5, 5.41) is 9.26. The van der Waals surface area contributed by atoms with E-state index in [1.54, 1.807) is 7.05 Å². The van der Waals surface area contributed by atoms with E-state index in [9.17, 15) is 4.79 Å². The Bertz CT molecular complexity index is 316. The molecule has 0 saturated carbocycles. The summed E-state index contributed by atoms with van der Waals surface area (Å²) in [6, 6.07) is -0.202. The molecule has 5 N–H and O–H groups in total. The largest absolute Gasteiger partial charge is 0.353 e. The molecule has 0 aliphatic rings. The molecule has 0 aromatic rings. The normalized spacial score (nSPS) is 13.9. The molecule has 0 saturated heterocycles. The van der Waals surface area contributed by atoms with Crippen molar-refractivity contribution in [1.82, 2.24) is 20.9 Å². The first kappa shape index (κ1) is 23.9. The highest BCUT2D eigenvalue weighted by atomic mass is 32.1. The first-order valence-electron chi connectivity index (χ1n) is 8.19. The number of hydrogen-bond acceptors (Lipinski definition) is 9. The van der Waals surface area contributed by atoms with Crippen LogP contribution in [0.25, 0.3) is 0 Å². The van der Waals surface area contributed by atoms with Crippen molar-refractivity contribution < 1.29 is 13.2 Å². The fraction of sp³-hybridized carbons (Fsp3) is 0.929. The molecular formula is C14H33N5O3S2. The number of carbonyl (C=O) groups is 1. The third-order valence-electron chi connectivity index (χ3n) is 3.55. The molecule has 0 heterocycles. The topological polar surface area (TPSA) is 101 Å². The lowest BCUT2D eigenvalue weighted by Gasteiger charge is -2.22. The van der Waals surface area contributed by atoms with Crippen LogP contribution in [-0.2, 0) is 13.2 Å². The van der Waals surface area contributed by atoms with Gasteiger partial charge in [-0.25, -0.2) is 0 Å². The third kappa shape index (κ3) is 12.3. The van der Waals surface area contributed by atoms with Crippen molar-refractivity contribution in [1.29, 1.82) is 0 Å². The molecule has 0 aliphatic carbocycles. The summed E-state index contributed by atoms with van der Waals surface area (Å²) < 4.78 is 9.73. The second-order valence-corrected chi connectivity index (χ2v) is 6.07. The minimum atomic E-state index is -0.202. The van der Waals surface area contributed by atoms with Crippen molar-refractivity contribution in [3.63, 3.8) is 0 Å². The molecule has 0 bridgehead atoms. The molecule has 24 heavy (non-hydrogen) atoms. The van der Waals surface area contributed by atoms with E-state index in [4.69, 9.17) is 14.1 Å². The molecule has 0 radical (unpaired) electrons. The molecule has 0 aromatic carbocycles. The lowest BCUT2D eigenvalue weighted by atomic mass is 10.2. The lowest BCUT2D eigenvalue weighted by molar-refractivity contribution is -0.123. The summed E-state index contributed by atoms with van der Waals surface area (Å²) in [6.45, 7) is 4.60. The van der Waals surface area contributed by atoms with Crippen LogP contribution in [0, 0.1) is 0 Å². The summed E-state index contributed by atoms with van der Waals surface area (Å²) in [7, 11) is 3.74. The zero-order valence-electron chi connectivity index (χ0n) is 14.7. The molecule has 0 spiro atoms. The Morgan fingerprint density at radius 2 is 2.04 bits per heavy atom.